The molecule has 1 fully saturated rings. The summed E-state index contributed by atoms with van der Waals surface area (Å²) in [5.41, 5.74) is 7.53. The fourth-order valence-corrected chi connectivity index (χ4v) is 4.38. The lowest BCUT2D eigenvalue weighted by molar-refractivity contribution is -0.117. The van der Waals surface area contributed by atoms with E-state index in [-0.39, 0.29) is 16.5 Å². The highest BCUT2D eigenvalue weighted by Crippen LogP contribution is 2.42. The van der Waals surface area contributed by atoms with Gasteiger partial charge < -0.3 is 5.73 Å². The number of rotatable bonds is 4. The highest BCUT2D eigenvalue weighted by Gasteiger charge is 2.40. The first-order chi connectivity index (χ1) is 12.9. The van der Waals surface area contributed by atoms with Gasteiger partial charge in [0.1, 0.15) is 16.7 Å². The number of nitrogens with zero attached hydrogens (tertiary/aromatic N) is 2. The molecule has 1 saturated heterocycles. The van der Waals surface area contributed by atoms with Crippen LogP contribution in [0.1, 0.15) is 11.1 Å². The summed E-state index contributed by atoms with van der Waals surface area (Å²) in [7, 11) is 0. The maximum absolute atomic E-state index is 13.2. The molecule has 3 rings (SSSR count). The number of aryl methyl sites for hydroxylation is 1. The smallest absolute Gasteiger partial charge is 0.262 e. The molecule has 0 radical (unpaired) electrons. The monoisotopic (exact) mass is 397 g/mol. The zero-order valence-electron chi connectivity index (χ0n) is 14.5. The number of carbonyl (C=O) groups is 2. The maximum atomic E-state index is 13.2. The molecule has 1 aliphatic heterocycles. The third-order valence-corrected chi connectivity index (χ3v) is 5.78. The average Bonchev–Trinajstić information content (AvgIpc) is 2.93. The van der Waals surface area contributed by atoms with Gasteiger partial charge in [-0.3, -0.25) is 14.5 Å². The van der Waals surface area contributed by atoms with Crippen LogP contribution in [0.2, 0.25) is 5.02 Å². The molecule has 1 heterocycles. The highest BCUT2D eigenvalue weighted by atomic mass is 35.5. The van der Waals surface area contributed by atoms with Crippen LogP contribution < -0.4 is 10.6 Å². The van der Waals surface area contributed by atoms with Crippen molar-refractivity contribution in [3.8, 4) is 6.07 Å². The van der Waals surface area contributed by atoms with E-state index in [1.165, 1.54) is 16.7 Å². The molecule has 1 aliphatic rings. The summed E-state index contributed by atoms with van der Waals surface area (Å²) in [6, 6.07) is 16.4. The van der Waals surface area contributed by atoms with Crippen molar-refractivity contribution in [2.75, 3.05) is 4.90 Å². The van der Waals surface area contributed by atoms with Crippen molar-refractivity contribution in [1.29, 1.82) is 5.26 Å². The van der Waals surface area contributed by atoms with Gasteiger partial charge in [0.25, 0.3) is 5.91 Å². The van der Waals surface area contributed by atoms with E-state index in [2.05, 4.69) is 0 Å². The molecular formula is C20H16ClN3O2S. The second kappa shape index (κ2) is 7.87. The van der Waals surface area contributed by atoms with Crippen molar-refractivity contribution in [1.82, 2.24) is 0 Å². The molecule has 0 spiro atoms. The fraction of sp³-hybridized carbons (Fsp3) is 0.150. The van der Waals surface area contributed by atoms with Gasteiger partial charge in [0.15, 0.2) is 0 Å². The number of anilines is 1. The molecule has 5 nitrogen and oxygen atoms in total. The number of hydrogen-bond acceptors (Lipinski definition) is 4. The first-order valence-corrected chi connectivity index (χ1v) is 9.43. The summed E-state index contributed by atoms with van der Waals surface area (Å²) >= 11 is 7.39. The predicted molar refractivity (Wildman–Crippen MR) is 107 cm³/mol. The Morgan fingerprint density at radius 2 is 2.04 bits per heavy atom. The molecule has 1 atom stereocenters. The molecule has 2 aromatic carbocycles. The minimum absolute atomic E-state index is 0.213. The van der Waals surface area contributed by atoms with E-state index in [1.54, 1.807) is 12.1 Å². The van der Waals surface area contributed by atoms with Crippen LogP contribution in [-0.4, -0.2) is 17.1 Å². The summed E-state index contributed by atoms with van der Waals surface area (Å²) in [5, 5.41) is 9.72. The number of benzene rings is 2. The van der Waals surface area contributed by atoms with Crippen molar-refractivity contribution in [2.24, 2.45) is 5.73 Å². The second-order valence-electron chi connectivity index (χ2n) is 6.07. The summed E-state index contributed by atoms with van der Waals surface area (Å²) in [6.07, 6.45) is 0.381. The first-order valence-electron chi connectivity index (χ1n) is 8.17. The van der Waals surface area contributed by atoms with Crippen LogP contribution in [0.15, 0.2) is 59.1 Å². The molecule has 27 heavy (non-hydrogen) atoms. The Bertz CT molecular complexity index is 997. The number of amides is 2. The molecule has 136 valence electrons. The van der Waals surface area contributed by atoms with E-state index in [0.29, 0.717) is 17.1 Å². The molecule has 1 unspecified atom stereocenters. The van der Waals surface area contributed by atoms with Crippen molar-refractivity contribution < 1.29 is 9.59 Å². The lowest BCUT2D eigenvalue weighted by atomic mass is 10.1. The lowest BCUT2D eigenvalue weighted by Crippen LogP contribution is -2.31. The number of hydrogen-bond donors (Lipinski definition) is 1. The zero-order chi connectivity index (χ0) is 19.6. The van der Waals surface area contributed by atoms with Crippen LogP contribution >= 0.6 is 23.4 Å². The molecule has 0 bridgehead atoms. The minimum Gasteiger partial charge on any atom is -0.365 e. The third-order valence-electron chi connectivity index (χ3n) is 4.15. The van der Waals surface area contributed by atoms with Crippen LogP contribution in [-0.2, 0) is 16.0 Å². The second-order valence-corrected chi connectivity index (χ2v) is 7.67. The Balaban J connectivity index is 2.06. The van der Waals surface area contributed by atoms with Gasteiger partial charge in [-0.05, 0) is 42.7 Å². The largest absolute Gasteiger partial charge is 0.365 e. The Kier molecular flexibility index (Phi) is 5.54. The predicted octanol–water partition coefficient (Wildman–Crippen LogP) is 3.56. The SMILES string of the molecule is Cc1cccc(N2C(=O)C(Cc3ccccc3Cl)SC2=C(C#N)C(N)=O)c1. The molecule has 0 aliphatic carbocycles. The van der Waals surface area contributed by atoms with Gasteiger partial charge >= 0.3 is 0 Å². The molecule has 7 heteroatoms. The van der Waals surface area contributed by atoms with Crippen LogP contribution in [0, 0.1) is 18.3 Å². The zero-order valence-corrected chi connectivity index (χ0v) is 16.1. The quantitative estimate of drug-likeness (QED) is 0.631. The number of primary amides is 1. The van der Waals surface area contributed by atoms with Crippen LogP contribution in [0.4, 0.5) is 5.69 Å². The van der Waals surface area contributed by atoms with Crippen molar-refractivity contribution in [3.05, 3.63) is 75.3 Å². The molecular weight excluding hydrogens is 382 g/mol. The van der Waals surface area contributed by atoms with Gasteiger partial charge in [0.2, 0.25) is 5.91 Å². The third kappa shape index (κ3) is 3.85. The number of halogens is 1. The van der Waals surface area contributed by atoms with Gasteiger partial charge in [-0.1, -0.05) is 53.7 Å². The van der Waals surface area contributed by atoms with Gasteiger partial charge in [-0.25, -0.2) is 0 Å². The Hall–Kier alpha value is -2.75. The van der Waals surface area contributed by atoms with E-state index in [4.69, 9.17) is 17.3 Å². The van der Waals surface area contributed by atoms with E-state index in [9.17, 15) is 14.9 Å². The Morgan fingerprint density at radius 1 is 1.30 bits per heavy atom. The molecule has 2 N–H and O–H groups in total. The number of nitrogens with two attached hydrogens (primary N) is 1. The van der Waals surface area contributed by atoms with Gasteiger partial charge in [-0.2, -0.15) is 5.26 Å². The molecule has 0 aromatic heterocycles. The van der Waals surface area contributed by atoms with Crippen LogP contribution in [0.3, 0.4) is 0 Å². The highest BCUT2D eigenvalue weighted by molar-refractivity contribution is 8.05. The Morgan fingerprint density at radius 3 is 2.67 bits per heavy atom. The number of carbonyl (C=O) groups excluding carboxylic acids is 2. The van der Waals surface area contributed by atoms with Crippen LogP contribution in [0.5, 0.6) is 0 Å². The summed E-state index contributed by atoms with van der Waals surface area (Å²) in [4.78, 5) is 26.3. The molecule has 0 saturated carbocycles. The minimum atomic E-state index is -0.858. The summed E-state index contributed by atoms with van der Waals surface area (Å²) < 4.78 is 0. The lowest BCUT2D eigenvalue weighted by Gasteiger charge is -2.18. The fourth-order valence-electron chi connectivity index (χ4n) is 2.87. The maximum Gasteiger partial charge on any atom is 0.262 e. The Labute approximate surface area is 166 Å². The summed E-state index contributed by atoms with van der Waals surface area (Å²) in [6.45, 7) is 1.90. The van der Waals surface area contributed by atoms with Crippen molar-refractivity contribution in [2.45, 2.75) is 18.6 Å². The van der Waals surface area contributed by atoms with Crippen molar-refractivity contribution in [3.63, 3.8) is 0 Å². The number of nitriles is 1. The van der Waals surface area contributed by atoms with Crippen molar-refractivity contribution >= 4 is 40.9 Å². The van der Waals surface area contributed by atoms with Gasteiger partial charge in [0, 0.05) is 10.7 Å². The van der Waals surface area contributed by atoms with Gasteiger partial charge in [0.05, 0.1) is 5.25 Å². The van der Waals surface area contributed by atoms with Crippen LogP contribution in [0.25, 0.3) is 0 Å². The normalized spacial score (nSPS) is 18.3. The van der Waals surface area contributed by atoms with E-state index < -0.39 is 11.2 Å². The van der Waals surface area contributed by atoms with Gasteiger partial charge in [-0.15, -0.1) is 0 Å². The first kappa shape index (κ1) is 19.0. The standard InChI is InChI=1S/C20H16ClN3O2S/c1-12-5-4-7-14(9-12)24-19(26)17(10-13-6-2-3-8-16(13)21)27-20(24)15(11-22)18(23)25/h2-9,17H,10H2,1H3,(H2,23,25). The van der Waals surface area contributed by atoms with E-state index in [0.717, 1.165) is 11.1 Å². The summed E-state index contributed by atoms with van der Waals surface area (Å²) in [5.74, 6) is -1.07. The molecule has 2 amide bonds. The topological polar surface area (TPSA) is 87.2 Å². The average molecular weight is 398 g/mol. The van der Waals surface area contributed by atoms with E-state index >= 15 is 0 Å². The number of thioether (sulfide) groups is 1. The molecule has 2 aromatic rings. The van der Waals surface area contributed by atoms with E-state index in [1.807, 2.05) is 49.4 Å².